The van der Waals surface area contributed by atoms with E-state index in [2.05, 4.69) is 16.9 Å². The Morgan fingerprint density at radius 2 is 2.58 bits per heavy atom. The van der Waals surface area contributed by atoms with E-state index >= 15 is 0 Å². The smallest absolute Gasteiger partial charge is 0.0666 e. The second-order valence-corrected chi connectivity index (χ2v) is 4.35. The Hall–Kier alpha value is -0.280. The molecule has 0 saturated carbocycles. The second kappa shape index (κ2) is 3.62. The molecular weight excluding hydrogens is 168 g/mol. The van der Waals surface area contributed by atoms with E-state index in [1.807, 2.05) is 17.3 Å². The van der Waals surface area contributed by atoms with Gasteiger partial charge in [0.2, 0.25) is 0 Å². The predicted molar refractivity (Wildman–Crippen MR) is 54.9 cm³/mol. The van der Waals surface area contributed by atoms with Crippen molar-refractivity contribution in [1.29, 1.82) is 0 Å². The SMILES string of the molecule is C=C1CNCCCC2N=CSC12. The van der Waals surface area contributed by atoms with Crippen molar-refractivity contribution in [3.63, 3.8) is 0 Å². The monoisotopic (exact) mass is 182 g/mol. The highest BCUT2D eigenvalue weighted by Crippen LogP contribution is 2.30. The van der Waals surface area contributed by atoms with Crippen molar-refractivity contribution in [2.45, 2.75) is 24.1 Å². The highest BCUT2D eigenvalue weighted by Gasteiger charge is 2.27. The van der Waals surface area contributed by atoms with Crippen molar-refractivity contribution >= 4 is 17.3 Å². The van der Waals surface area contributed by atoms with Crippen molar-refractivity contribution in [3.8, 4) is 0 Å². The first-order chi connectivity index (χ1) is 5.88. The van der Waals surface area contributed by atoms with Crippen LogP contribution < -0.4 is 5.32 Å². The van der Waals surface area contributed by atoms with E-state index in [4.69, 9.17) is 0 Å². The molecule has 2 unspecified atom stereocenters. The summed E-state index contributed by atoms with van der Waals surface area (Å²) in [5.41, 5.74) is 3.30. The molecule has 12 heavy (non-hydrogen) atoms. The third kappa shape index (κ3) is 1.57. The maximum absolute atomic E-state index is 4.46. The summed E-state index contributed by atoms with van der Waals surface area (Å²) in [6, 6.07) is 0.518. The first kappa shape index (κ1) is 8.32. The van der Waals surface area contributed by atoms with E-state index in [-0.39, 0.29) is 0 Å². The van der Waals surface area contributed by atoms with Gasteiger partial charge in [-0.2, -0.15) is 0 Å². The molecule has 0 aromatic heterocycles. The van der Waals surface area contributed by atoms with Crippen molar-refractivity contribution in [2.24, 2.45) is 4.99 Å². The molecule has 2 heterocycles. The third-order valence-corrected chi connectivity index (χ3v) is 3.60. The zero-order valence-corrected chi connectivity index (χ0v) is 7.94. The summed E-state index contributed by atoms with van der Waals surface area (Å²) in [5, 5.41) is 3.93. The fraction of sp³-hybridized carbons (Fsp3) is 0.667. The Bertz CT molecular complexity index is 213. The molecule has 1 N–H and O–H groups in total. The van der Waals surface area contributed by atoms with Gasteiger partial charge in [0.05, 0.1) is 16.8 Å². The molecule has 2 aliphatic rings. The largest absolute Gasteiger partial charge is 0.313 e. The first-order valence-electron chi connectivity index (χ1n) is 4.43. The Morgan fingerprint density at radius 1 is 1.67 bits per heavy atom. The Kier molecular flexibility index (Phi) is 2.51. The van der Waals surface area contributed by atoms with E-state index in [0.29, 0.717) is 11.3 Å². The lowest BCUT2D eigenvalue weighted by atomic mass is 10.0. The van der Waals surface area contributed by atoms with Crippen LogP contribution in [0.3, 0.4) is 0 Å². The summed E-state index contributed by atoms with van der Waals surface area (Å²) in [6.07, 6.45) is 2.45. The van der Waals surface area contributed by atoms with Crippen LogP contribution in [0.1, 0.15) is 12.8 Å². The van der Waals surface area contributed by atoms with Gasteiger partial charge in [0, 0.05) is 6.54 Å². The zero-order chi connectivity index (χ0) is 8.39. The average Bonchev–Trinajstić information content (AvgIpc) is 2.47. The van der Waals surface area contributed by atoms with Gasteiger partial charge in [-0.15, -0.1) is 11.8 Å². The average molecular weight is 182 g/mol. The number of aliphatic imine (C=N–C) groups is 1. The highest BCUT2D eigenvalue weighted by atomic mass is 32.2. The summed E-state index contributed by atoms with van der Waals surface area (Å²) < 4.78 is 0. The molecule has 2 nitrogen and oxygen atoms in total. The molecule has 1 saturated heterocycles. The van der Waals surface area contributed by atoms with E-state index < -0.39 is 0 Å². The van der Waals surface area contributed by atoms with Crippen LogP contribution in [0.4, 0.5) is 0 Å². The number of rotatable bonds is 0. The van der Waals surface area contributed by atoms with E-state index in [1.165, 1.54) is 18.4 Å². The molecule has 0 bridgehead atoms. The van der Waals surface area contributed by atoms with Crippen molar-refractivity contribution in [2.75, 3.05) is 13.1 Å². The fourth-order valence-electron chi connectivity index (χ4n) is 1.73. The molecule has 66 valence electrons. The van der Waals surface area contributed by atoms with Crippen LogP contribution in [-0.4, -0.2) is 29.9 Å². The maximum Gasteiger partial charge on any atom is 0.0666 e. The molecule has 0 aliphatic carbocycles. The Morgan fingerprint density at radius 3 is 3.50 bits per heavy atom. The summed E-state index contributed by atoms with van der Waals surface area (Å²) in [6.45, 7) is 6.18. The Balaban J connectivity index is 2.06. The fourth-order valence-corrected chi connectivity index (χ4v) is 2.75. The lowest BCUT2D eigenvalue weighted by molar-refractivity contribution is 0.535. The third-order valence-electron chi connectivity index (χ3n) is 2.42. The van der Waals surface area contributed by atoms with Gasteiger partial charge in [0.15, 0.2) is 0 Å². The van der Waals surface area contributed by atoms with Crippen LogP contribution in [0.2, 0.25) is 0 Å². The molecule has 0 aromatic rings. The molecular formula is C9H14N2S. The minimum absolute atomic E-state index is 0.518. The minimum atomic E-state index is 0.518. The lowest BCUT2D eigenvalue weighted by Crippen LogP contribution is -2.31. The highest BCUT2D eigenvalue weighted by molar-refractivity contribution is 8.13. The number of nitrogens with one attached hydrogen (secondary N) is 1. The van der Waals surface area contributed by atoms with Crippen molar-refractivity contribution in [1.82, 2.24) is 5.32 Å². The summed E-state index contributed by atoms with van der Waals surface area (Å²) in [5.74, 6) is 0. The molecule has 2 rings (SSSR count). The molecule has 0 amide bonds. The molecule has 0 radical (unpaired) electrons. The number of thioether (sulfide) groups is 1. The number of fused-ring (bicyclic) bond motifs is 1. The van der Waals surface area contributed by atoms with E-state index in [1.54, 1.807) is 0 Å². The molecule has 2 aliphatic heterocycles. The normalized spacial score (nSPS) is 35.8. The molecule has 3 heteroatoms. The van der Waals surface area contributed by atoms with Gasteiger partial charge in [0.1, 0.15) is 0 Å². The van der Waals surface area contributed by atoms with Gasteiger partial charge in [-0.05, 0) is 25.0 Å². The van der Waals surface area contributed by atoms with Crippen LogP contribution >= 0.6 is 11.8 Å². The topological polar surface area (TPSA) is 24.4 Å². The van der Waals surface area contributed by atoms with Gasteiger partial charge in [-0.1, -0.05) is 6.58 Å². The van der Waals surface area contributed by atoms with E-state index in [0.717, 1.165) is 13.1 Å². The molecule has 1 fully saturated rings. The zero-order valence-electron chi connectivity index (χ0n) is 7.12. The van der Waals surface area contributed by atoms with Crippen LogP contribution in [-0.2, 0) is 0 Å². The first-order valence-corrected chi connectivity index (χ1v) is 5.38. The lowest BCUT2D eigenvalue weighted by Gasteiger charge is -2.22. The quantitative estimate of drug-likeness (QED) is 0.573. The standard InChI is InChI=1S/C9H14N2S/c1-7-5-10-4-2-3-8-9(7)12-6-11-8/h6,8-10H,1-5H2. The Labute approximate surface area is 77.5 Å². The van der Waals surface area contributed by atoms with Gasteiger partial charge in [0.25, 0.3) is 0 Å². The van der Waals surface area contributed by atoms with Gasteiger partial charge in [-0.25, -0.2) is 0 Å². The maximum atomic E-state index is 4.46. The molecule has 0 aromatic carbocycles. The molecule has 2 atom stereocenters. The van der Waals surface area contributed by atoms with Crippen LogP contribution in [0, 0.1) is 0 Å². The number of hydrogen-bond acceptors (Lipinski definition) is 3. The van der Waals surface area contributed by atoms with E-state index in [9.17, 15) is 0 Å². The summed E-state index contributed by atoms with van der Waals surface area (Å²) in [7, 11) is 0. The summed E-state index contributed by atoms with van der Waals surface area (Å²) in [4.78, 5) is 4.46. The van der Waals surface area contributed by atoms with Crippen molar-refractivity contribution in [3.05, 3.63) is 12.2 Å². The van der Waals surface area contributed by atoms with Crippen molar-refractivity contribution < 1.29 is 0 Å². The minimum Gasteiger partial charge on any atom is -0.313 e. The van der Waals surface area contributed by atoms with Crippen LogP contribution in [0.25, 0.3) is 0 Å². The summed E-state index contributed by atoms with van der Waals surface area (Å²) >= 11 is 1.83. The predicted octanol–water partition coefficient (Wildman–Crippen LogP) is 1.44. The number of nitrogens with zero attached hydrogens (tertiary/aromatic N) is 1. The van der Waals surface area contributed by atoms with Gasteiger partial charge >= 0.3 is 0 Å². The molecule has 0 spiro atoms. The second-order valence-electron chi connectivity index (χ2n) is 3.36. The van der Waals surface area contributed by atoms with Crippen LogP contribution in [0.15, 0.2) is 17.1 Å². The van der Waals surface area contributed by atoms with Gasteiger partial charge in [-0.3, -0.25) is 4.99 Å². The van der Waals surface area contributed by atoms with Gasteiger partial charge < -0.3 is 5.32 Å². The number of hydrogen-bond donors (Lipinski definition) is 1. The van der Waals surface area contributed by atoms with Crippen LogP contribution in [0.5, 0.6) is 0 Å².